The lowest BCUT2D eigenvalue weighted by molar-refractivity contribution is 0.415. The maximum absolute atomic E-state index is 13.2. The number of hydrogen-bond acceptors (Lipinski definition) is 4. The molecule has 0 aliphatic carbocycles. The van der Waals surface area contributed by atoms with Gasteiger partial charge in [0.1, 0.15) is 11.6 Å². The van der Waals surface area contributed by atoms with E-state index in [0.29, 0.717) is 26.8 Å². The van der Waals surface area contributed by atoms with Crippen LogP contribution in [0.4, 0.5) is 4.39 Å². The lowest BCUT2D eigenvalue weighted by Gasteiger charge is -2.12. The summed E-state index contributed by atoms with van der Waals surface area (Å²) in [5, 5.41) is 10.4. The summed E-state index contributed by atoms with van der Waals surface area (Å²) in [7, 11) is 1.62. The molecule has 0 aliphatic rings. The van der Waals surface area contributed by atoms with E-state index >= 15 is 0 Å². The lowest BCUT2D eigenvalue weighted by Crippen LogP contribution is -2.00. The number of rotatable bonds is 6. The van der Waals surface area contributed by atoms with Gasteiger partial charge in [-0.05, 0) is 60.2 Å². The summed E-state index contributed by atoms with van der Waals surface area (Å²) < 4.78 is 20.4. The quantitative estimate of drug-likeness (QED) is 0.301. The monoisotopic (exact) mass is 459 g/mol. The first kappa shape index (κ1) is 20.7. The van der Waals surface area contributed by atoms with Crippen LogP contribution in [-0.2, 0) is 5.75 Å². The highest BCUT2D eigenvalue weighted by molar-refractivity contribution is 7.98. The molecule has 0 spiro atoms. The van der Waals surface area contributed by atoms with Crippen molar-refractivity contribution in [1.82, 2.24) is 14.8 Å². The molecule has 0 bridgehead atoms. The summed E-state index contributed by atoms with van der Waals surface area (Å²) in [6, 6.07) is 19.4. The van der Waals surface area contributed by atoms with E-state index in [4.69, 9.17) is 27.9 Å². The van der Waals surface area contributed by atoms with Gasteiger partial charge in [-0.3, -0.25) is 4.57 Å². The SMILES string of the molecule is COc1ccc(-c2nnc(SCc3ccc(F)cc3)n2-c2ccc(Cl)c(Cl)c2)cc1. The summed E-state index contributed by atoms with van der Waals surface area (Å²) in [4.78, 5) is 0. The van der Waals surface area contributed by atoms with Gasteiger partial charge in [-0.1, -0.05) is 47.1 Å². The molecule has 4 nitrogen and oxygen atoms in total. The van der Waals surface area contributed by atoms with Crippen LogP contribution < -0.4 is 4.74 Å². The molecular formula is C22H16Cl2FN3OS. The van der Waals surface area contributed by atoms with Crippen molar-refractivity contribution >= 4 is 35.0 Å². The van der Waals surface area contributed by atoms with Crippen LogP contribution in [0.25, 0.3) is 17.1 Å². The fraction of sp³-hybridized carbons (Fsp3) is 0.0909. The van der Waals surface area contributed by atoms with Crippen molar-refractivity contribution in [1.29, 1.82) is 0 Å². The fourth-order valence-corrected chi connectivity index (χ4v) is 4.08. The topological polar surface area (TPSA) is 39.9 Å². The third kappa shape index (κ3) is 4.46. The molecule has 30 heavy (non-hydrogen) atoms. The van der Waals surface area contributed by atoms with E-state index < -0.39 is 0 Å². The van der Waals surface area contributed by atoms with Crippen molar-refractivity contribution in [2.75, 3.05) is 7.11 Å². The number of halogens is 3. The van der Waals surface area contributed by atoms with Crippen LogP contribution in [0.5, 0.6) is 5.75 Å². The first-order valence-corrected chi connectivity index (χ1v) is 10.7. The van der Waals surface area contributed by atoms with Gasteiger partial charge in [0.2, 0.25) is 0 Å². The minimum absolute atomic E-state index is 0.260. The second-order valence-corrected chi connectivity index (χ2v) is 8.14. The number of nitrogens with zero attached hydrogens (tertiary/aromatic N) is 3. The summed E-state index contributed by atoms with van der Waals surface area (Å²) in [5.41, 5.74) is 2.65. The van der Waals surface area contributed by atoms with Gasteiger partial charge in [0, 0.05) is 11.3 Å². The zero-order valence-corrected chi connectivity index (χ0v) is 18.2. The molecule has 1 aromatic heterocycles. The number of methoxy groups -OCH3 is 1. The Balaban J connectivity index is 1.74. The molecule has 152 valence electrons. The van der Waals surface area contributed by atoms with Crippen LogP contribution in [0.2, 0.25) is 10.0 Å². The number of aromatic nitrogens is 3. The molecule has 0 aliphatic heterocycles. The lowest BCUT2D eigenvalue weighted by atomic mass is 10.2. The summed E-state index contributed by atoms with van der Waals surface area (Å²) >= 11 is 13.9. The molecule has 0 atom stereocenters. The van der Waals surface area contributed by atoms with Gasteiger partial charge in [0.05, 0.1) is 22.8 Å². The van der Waals surface area contributed by atoms with Crippen molar-refractivity contribution < 1.29 is 9.13 Å². The van der Waals surface area contributed by atoms with Crippen LogP contribution in [0.15, 0.2) is 71.9 Å². The third-order valence-corrected chi connectivity index (χ3v) is 6.16. The van der Waals surface area contributed by atoms with Crippen molar-refractivity contribution in [2.24, 2.45) is 0 Å². The average Bonchev–Trinajstić information content (AvgIpc) is 3.19. The molecule has 0 saturated carbocycles. The smallest absolute Gasteiger partial charge is 0.196 e. The first-order chi connectivity index (χ1) is 14.5. The maximum atomic E-state index is 13.2. The molecule has 0 N–H and O–H groups in total. The molecule has 0 amide bonds. The molecule has 4 aromatic rings. The van der Waals surface area contributed by atoms with Crippen LogP contribution in [-0.4, -0.2) is 21.9 Å². The van der Waals surface area contributed by atoms with Crippen LogP contribution >= 0.6 is 35.0 Å². The molecule has 0 fully saturated rings. The molecule has 0 radical (unpaired) electrons. The summed E-state index contributed by atoms with van der Waals surface area (Å²) in [6.45, 7) is 0. The molecule has 0 saturated heterocycles. The molecule has 3 aromatic carbocycles. The highest BCUT2D eigenvalue weighted by Gasteiger charge is 2.17. The molecule has 0 unspecified atom stereocenters. The summed E-state index contributed by atoms with van der Waals surface area (Å²) in [5.74, 6) is 1.77. The van der Waals surface area contributed by atoms with Gasteiger partial charge in [-0.2, -0.15) is 0 Å². The van der Waals surface area contributed by atoms with Crippen molar-refractivity contribution in [3.63, 3.8) is 0 Å². The zero-order chi connectivity index (χ0) is 21.1. The largest absolute Gasteiger partial charge is 0.497 e. The van der Waals surface area contributed by atoms with E-state index in [-0.39, 0.29) is 5.82 Å². The number of benzene rings is 3. The zero-order valence-electron chi connectivity index (χ0n) is 15.8. The van der Waals surface area contributed by atoms with E-state index in [2.05, 4.69) is 10.2 Å². The van der Waals surface area contributed by atoms with Gasteiger partial charge in [-0.25, -0.2) is 4.39 Å². The standard InChI is InChI=1S/C22H16Cl2FN3OS/c1-29-18-9-4-15(5-10-18)21-26-27-22(30-13-14-2-6-16(25)7-3-14)28(21)17-8-11-19(23)20(24)12-17/h2-12H,13H2,1H3. The highest BCUT2D eigenvalue weighted by Crippen LogP contribution is 2.33. The van der Waals surface area contributed by atoms with Gasteiger partial charge in [-0.15, -0.1) is 10.2 Å². The van der Waals surface area contributed by atoms with Crippen molar-refractivity contribution in [3.8, 4) is 22.8 Å². The van der Waals surface area contributed by atoms with E-state index in [1.807, 2.05) is 34.9 Å². The first-order valence-electron chi connectivity index (χ1n) is 8.97. The summed E-state index contributed by atoms with van der Waals surface area (Å²) in [6.07, 6.45) is 0. The molecule has 8 heteroatoms. The second kappa shape index (κ2) is 9.08. The van der Waals surface area contributed by atoms with Gasteiger partial charge in [0.25, 0.3) is 0 Å². The minimum atomic E-state index is -0.260. The number of hydrogen-bond donors (Lipinski definition) is 0. The maximum Gasteiger partial charge on any atom is 0.196 e. The Bertz CT molecular complexity index is 1160. The third-order valence-electron chi connectivity index (χ3n) is 4.42. The highest BCUT2D eigenvalue weighted by atomic mass is 35.5. The average molecular weight is 460 g/mol. The Hall–Kier alpha value is -2.54. The van der Waals surface area contributed by atoms with Crippen molar-refractivity contribution in [3.05, 3.63) is 88.2 Å². The van der Waals surface area contributed by atoms with Crippen LogP contribution in [0.1, 0.15) is 5.56 Å². The Morgan fingerprint density at radius 3 is 2.33 bits per heavy atom. The van der Waals surface area contributed by atoms with Crippen LogP contribution in [0, 0.1) is 5.82 Å². The van der Waals surface area contributed by atoms with Gasteiger partial charge < -0.3 is 4.74 Å². The Morgan fingerprint density at radius 2 is 1.67 bits per heavy atom. The second-order valence-electron chi connectivity index (χ2n) is 6.38. The number of ether oxygens (including phenoxy) is 1. The van der Waals surface area contributed by atoms with Gasteiger partial charge >= 0.3 is 0 Å². The predicted octanol–water partition coefficient (Wildman–Crippen LogP) is 6.68. The Morgan fingerprint density at radius 1 is 0.933 bits per heavy atom. The van der Waals surface area contributed by atoms with E-state index in [0.717, 1.165) is 22.6 Å². The number of thioether (sulfide) groups is 1. The molecule has 4 rings (SSSR count). The Labute approximate surface area is 187 Å². The van der Waals surface area contributed by atoms with E-state index in [9.17, 15) is 4.39 Å². The van der Waals surface area contributed by atoms with Crippen LogP contribution in [0.3, 0.4) is 0 Å². The minimum Gasteiger partial charge on any atom is -0.497 e. The predicted molar refractivity (Wildman–Crippen MR) is 119 cm³/mol. The normalized spacial score (nSPS) is 10.9. The van der Waals surface area contributed by atoms with E-state index in [1.165, 1.54) is 23.9 Å². The van der Waals surface area contributed by atoms with E-state index in [1.54, 1.807) is 31.4 Å². The molecular weight excluding hydrogens is 444 g/mol. The Kier molecular flexibility index (Phi) is 6.27. The molecule has 1 heterocycles. The fourth-order valence-electron chi connectivity index (χ4n) is 2.88. The van der Waals surface area contributed by atoms with Gasteiger partial charge in [0.15, 0.2) is 11.0 Å². The van der Waals surface area contributed by atoms with Crippen molar-refractivity contribution in [2.45, 2.75) is 10.9 Å².